The van der Waals surface area contributed by atoms with Crippen LogP contribution in [0, 0.1) is 6.92 Å². The number of rotatable bonds is 2. The van der Waals surface area contributed by atoms with Crippen LogP contribution in [0.2, 0.25) is 0 Å². The van der Waals surface area contributed by atoms with Gasteiger partial charge in [-0.15, -0.1) is 0 Å². The standard InChI is InChI=1S/C7H10N2O2S2/c1-5-8-6(12(2)10)4-7(9-5)13(3)11/h4H,1-3H3. The van der Waals surface area contributed by atoms with Crippen LogP contribution >= 0.6 is 0 Å². The van der Waals surface area contributed by atoms with E-state index in [4.69, 9.17) is 0 Å². The minimum absolute atomic E-state index is 0.428. The normalized spacial score (nSPS) is 15.3. The first-order valence-electron chi connectivity index (χ1n) is 3.53. The zero-order valence-corrected chi connectivity index (χ0v) is 9.24. The maximum absolute atomic E-state index is 11.1. The van der Waals surface area contributed by atoms with Gasteiger partial charge in [0, 0.05) is 18.6 Å². The van der Waals surface area contributed by atoms with Crippen molar-refractivity contribution in [1.29, 1.82) is 0 Å². The largest absolute Gasteiger partial charge is 0.253 e. The minimum Gasteiger partial charge on any atom is -0.253 e. The Kier molecular flexibility index (Phi) is 3.27. The lowest BCUT2D eigenvalue weighted by Crippen LogP contribution is -2.02. The molecule has 1 heterocycles. The molecule has 4 nitrogen and oxygen atoms in total. The van der Waals surface area contributed by atoms with E-state index in [2.05, 4.69) is 9.97 Å². The van der Waals surface area contributed by atoms with Crippen LogP contribution in [0.5, 0.6) is 0 Å². The van der Waals surface area contributed by atoms with E-state index in [1.807, 2.05) is 0 Å². The average Bonchev–Trinajstić information content (AvgIpc) is 2.03. The zero-order valence-electron chi connectivity index (χ0n) is 7.60. The second kappa shape index (κ2) is 4.06. The van der Waals surface area contributed by atoms with Crippen molar-refractivity contribution in [3.63, 3.8) is 0 Å². The molecule has 0 aliphatic heterocycles. The lowest BCUT2D eigenvalue weighted by Gasteiger charge is -2.00. The van der Waals surface area contributed by atoms with Gasteiger partial charge in [0.2, 0.25) is 0 Å². The molecular formula is C7H10N2O2S2. The molecule has 0 saturated carbocycles. The van der Waals surface area contributed by atoms with E-state index in [0.29, 0.717) is 15.9 Å². The van der Waals surface area contributed by atoms with E-state index in [-0.39, 0.29) is 0 Å². The lowest BCUT2D eigenvalue weighted by molar-refractivity contribution is 0.677. The molecule has 0 spiro atoms. The van der Waals surface area contributed by atoms with E-state index in [1.54, 1.807) is 6.92 Å². The Morgan fingerprint density at radius 3 is 1.77 bits per heavy atom. The van der Waals surface area contributed by atoms with Gasteiger partial charge in [0.25, 0.3) is 0 Å². The first kappa shape index (κ1) is 10.5. The van der Waals surface area contributed by atoms with E-state index in [0.717, 1.165) is 0 Å². The van der Waals surface area contributed by atoms with Crippen molar-refractivity contribution in [3.8, 4) is 0 Å². The molecule has 0 fully saturated rings. The molecular weight excluding hydrogens is 208 g/mol. The molecule has 1 aromatic heterocycles. The predicted molar refractivity (Wildman–Crippen MR) is 51.4 cm³/mol. The van der Waals surface area contributed by atoms with Gasteiger partial charge in [-0.1, -0.05) is 0 Å². The highest BCUT2D eigenvalue weighted by atomic mass is 32.2. The second-order valence-corrected chi connectivity index (χ2v) is 5.15. The van der Waals surface area contributed by atoms with Crippen LogP contribution in [0.25, 0.3) is 0 Å². The van der Waals surface area contributed by atoms with Gasteiger partial charge in [-0.2, -0.15) is 0 Å². The van der Waals surface area contributed by atoms with Crippen molar-refractivity contribution in [2.45, 2.75) is 17.0 Å². The van der Waals surface area contributed by atoms with Crippen molar-refractivity contribution in [1.82, 2.24) is 9.97 Å². The van der Waals surface area contributed by atoms with Gasteiger partial charge in [-0.25, -0.2) is 9.97 Å². The second-order valence-electron chi connectivity index (χ2n) is 2.50. The zero-order chi connectivity index (χ0) is 10.0. The predicted octanol–water partition coefficient (Wildman–Crippen LogP) is 0.260. The average molecular weight is 218 g/mol. The smallest absolute Gasteiger partial charge is 0.131 e. The number of hydrogen-bond donors (Lipinski definition) is 0. The summed E-state index contributed by atoms with van der Waals surface area (Å²) in [7, 11) is -2.30. The summed E-state index contributed by atoms with van der Waals surface area (Å²) in [5, 5.41) is 0.857. The number of aryl methyl sites for hydroxylation is 1. The van der Waals surface area contributed by atoms with Gasteiger partial charge in [0.1, 0.15) is 15.9 Å². The Labute approximate surface area is 81.7 Å². The summed E-state index contributed by atoms with van der Waals surface area (Å²) in [4.78, 5) is 7.94. The molecule has 13 heavy (non-hydrogen) atoms. The summed E-state index contributed by atoms with van der Waals surface area (Å²) < 4.78 is 22.2. The van der Waals surface area contributed by atoms with Crippen LogP contribution in [-0.2, 0) is 21.6 Å². The van der Waals surface area contributed by atoms with Crippen molar-refractivity contribution in [2.75, 3.05) is 12.5 Å². The Balaban J connectivity index is 3.26. The van der Waals surface area contributed by atoms with Crippen LogP contribution in [0.3, 0.4) is 0 Å². The van der Waals surface area contributed by atoms with Gasteiger partial charge in [0.05, 0.1) is 21.6 Å². The van der Waals surface area contributed by atoms with Crippen molar-refractivity contribution in [2.24, 2.45) is 0 Å². The van der Waals surface area contributed by atoms with E-state index in [1.165, 1.54) is 18.6 Å². The molecule has 1 aromatic rings. The Morgan fingerprint density at radius 2 is 1.46 bits per heavy atom. The molecule has 0 aliphatic carbocycles. The third-order valence-electron chi connectivity index (χ3n) is 1.38. The van der Waals surface area contributed by atoms with Crippen molar-refractivity contribution >= 4 is 21.6 Å². The third kappa shape index (κ3) is 2.67. The quantitative estimate of drug-likeness (QED) is 0.668. The van der Waals surface area contributed by atoms with Crippen LogP contribution in [0.4, 0.5) is 0 Å². The summed E-state index contributed by atoms with van der Waals surface area (Å²) >= 11 is 0. The third-order valence-corrected chi connectivity index (χ3v) is 2.98. The van der Waals surface area contributed by atoms with Crippen molar-refractivity contribution < 1.29 is 8.42 Å². The molecule has 0 saturated heterocycles. The monoisotopic (exact) mass is 218 g/mol. The summed E-state index contributed by atoms with van der Waals surface area (Å²) in [5.41, 5.74) is 0. The highest BCUT2D eigenvalue weighted by molar-refractivity contribution is 7.85. The Bertz CT molecular complexity index is 347. The topological polar surface area (TPSA) is 59.9 Å². The van der Waals surface area contributed by atoms with Crippen LogP contribution < -0.4 is 0 Å². The van der Waals surface area contributed by atoms with Gasteiger partial charge in [-0.05, 0) is 6.92 Å². The first-order valence-corrected chi connectivity index (χ1v) is 6.65. The lowest BCUT2D eigenvalue weighted by atomic mass is 10.6. The highest BCUT2D eigenvalue weighted by Gasteiger charge is 2.06. The maximum atomic E-state index is 11.1. The van der Waals surface area contributed by atoms with Gasteiger partial charge >= 0.3 is 0 Å². The van der Waals surface area contributed by atoms with Gasteiger partial charge in [0.15, 0.2) is 0 Å². The van der Waals surface area contributed by atoms with E-state index in [9.17, 15) is 8.42 Å². The fraction of sp³-hybridized carbons (Fsp3) is 0.429. The molecule has 2 unspecified atom stereocenters. The van der Waals surface area contributed by atoms with E-state index < -0.39 is 21.6 Å². The molecule has 0 bridgehead atoms. The SMILES string of the molecule is Cc1nc(S(C)=O)cc(S(C)=O)n1. The van der Waals surface area contributed by atoms with Crippen LogP contribution in [0.15, 0.2) is 16.1 Å². The summed E-state index contributed by atoms with van der Waals surface area (Å²) in [6.07, 6.45) is 3.06. The molecule has 72 valence electrons. The highest BCUT2D eigenvalue weighted by Crippen LogP contribution is 2.07. The molecule has 0 radical (unpaired) electrons. The van der Waals surface area contributed by atoms with Gasteiger partial charge in [-0.3, -0.25) is 8.42 Å². The van der Waals surface area contributed by atoms with E-state index >= 15 is 0 Å². The maximum Gasteiger partial charge on any atom is 0.131 e. The Morgan fingerprint density at radius 1 is 1.08 bits per heavy atom. The van der Waals surface area contributed by atoms with Crippen LogP contribution in [0.1, 0.15) is 5.82 Å². The molecule has 0 N–H and O–H groups in total. The number of nitrogens with zero attached hydrogens (tertiary/aromatic N) is 2. The fourth-order valence-electron chi connectivity index (χ4n) is 0.809. The molecule has 0 amide bonds. The summed E-state index contributed by atoms with van der Waals surface area (Å²) in [6, 6.07) is 1.51. The molecule has 1 rings (SSSR count). The molecule has 0 aliphatic rings. The van der Waals surface area contributed by atoms with Crippen LogP contribution in [-0.4, -0.2) is 30.9 Å². The van der Waals surface area contributed by atoms with Gasteiger partial charge < -0.3 is 0 Å². The molecule has 2 atom stereocenters. The first-order chi connectivity index (χ1) is 6.00. The number of hydrogen-bond acceptors (Lipinski definition) is 4. The summed E-state index contributed by atoms with van der Waals surface area (Å²) in [6.45, 7) is 1.69. The van der Waals surface area contributed by atoms with Crippen molar-refractivity contribution in [3.05, 3.63) is 11.9 Å². The number of aromatic nitrogens is 2. The molecule has 6 heteroatoms. The fourth-order valence-corrected chi connectivity index (χ4v) is 1.96. The minimum atomic E-state index is -1.15. The Hall–Kier alpha value is -0.620. The summed E-state index contributed by atoms with van der Waals surface area (Å²) in [5.74, 6) is 0.498. The molecule has 0 aromatic carbocycles.